The van der Waals surface area contributed by atoms with Crippen LogP contribution < -0.4 is 10.1 Å². The van der Waals surface area contributed by atoms with Gasteiger partial charge in [0.2, 0.25) is 0 Å². The third kappa shape index (κ3) is 4.03. The zero-order valence-electron chi connectivity index (χ0n) is 10.9. The number of rotatable bonds is 5. The Balaban J connectivity index is 2.20. The third-order valence-electron chi connectivity index (χ3n) is 2.72. The Morgan fingerprint density at radius 1 is 1.05 bits per heavy atom. The van der Waals surface area contributed by atoms with Crippen molar-refractivity contribution in [3.63, 3.8) is 0 Å². The van der Waals surface area contributed by atoms with Crippen molar-refractivity contribution in [1.29, 1.82) is 0 Å². The molecule has 5 heteroatoms. The van der Waals surface area contributed by atoms with Gasteiger partial charge in [0.15, 0.2) is 0 Å². The second-order valence-corrected chi connectivity index (χ2v) is 5.60. The summed E-state index contributed by atoms with van der Waals surface area (Å²) in [5.74, 6) is 0.644. The minimum Gasteiger partial charge on any atom is -0.487 e. The number of halogens is 3. The van der Waals surface area contributed by atoms with Crippen LogP contribution in [0.5, 0.6) is 5.75 Å². The quantitative estimate of drug-likeness (QED) is 0.838. The molecule has 0 unspecified atom stereocenters. The van der Waals surface area contributed by atoms with Gasteiger partial charge in [0.1, 0.15) is 12.4 Å². The zero-order valence-corrected chi connectivity index (χ0v) is 13.2. The Labute approximate surface area is 133 Å². The average molecular weight is 331 g/mol. The van der Waals surface area contributed by atoms with Gasteiger partial charge in [-0.05, 0) is 36.9 Å². The summed E-state index contributed by atoms with van der Waals surface area (Å²) in [6.07, 6.45) is 0. The van der Waals surface area contributed by atoms with Gasteiger partial charge in [-0.15, -0.1) is 0 Å². The predicted molar refractivity (Wildman–Crippen MR) is 85.0 cm³/mol. The Kier molecular flexibility index (Phi) is 5.55. The van der Waals surface area contributed by atoms with Crippen LogP contribution in [0.15, 0.2) is 36.4 Å². The van der Waals surface area contributed by atoms with Crippen LogP contribution in [0.1, 0.15) is 11.1 Å². The molecule has 0 saturated heterocycles. The van der Waals surface area contributed by atoms with Crippen molar-refractivity contribution in [3.05, 3.63) is 62.6 Å². The highest BCUT2D eigenvalue weighted by molar-refractivity contribution is 6.35. The van der Waals surface area contributed by atoms with Gasteiger partial charge in [-0.1, -0.05) is 46.9 Å². The number of benzene rings is 2. The van der Waals surface area contributed by atoms with Gasteiger partial charge in [-0.3, -0.25) is 0 Å². The second-order valence-electron chi connectivity index (χ2n) is 4.32. The average Bonchev–Trinajstić information content (AvgIpc) is 2.38. The first-order valence-corrected chi connectivity index (χ1v) is 7.23. The molecule has 0 radical (unpaired) electrons. The lowest BCUT2D eigenvalue weighted by molar-refractivity contribution is 0.302. The standard InChI is InChI=1S/C15H14Cl3NO/c1-19-8-11-6-13(17)7-14(18)15(11)20-9-10-3-2-4-12(16)5-10/h2-7,19H,8-9H2,1H3. The monoisotopic (exact) mass is 329 g/mol. The topological polar surface area (TPSA) is 21.3 Å². The minimum absolute atomic E-state index is 0.401. The lowest BCUT2D eigenvalue weighted by atomic mass is 10.2. The fraction of sp³-hybridized carbons (Fsp3) is 0.200. The van der Waals surface area contributed by atoms with E-state index in [1.807, 2.05) is 37.4 Å². The summed E-state index contributed by atoms with van der Waals surface area (Å²) < 4.78 is 5.83. The van der Waals surface area contributed by atoms with E-state index in [2.05, 4.69) is 5.32 Å². The molecule has 2 rings (SSSR count). The molecule has 0 bridgehead atoms. The number of hydrogen-bond acceptors (Lipinski definition) is 2. The summed E-state index contributed by atoms with van der Waals surface area (Å²) >= 11 is 18.2. The van der Waals surface area contributed by atoms with Crippen LogP contribution in [0, 0.1) is 0 Å². The minimum atomic E-state index is 0.401. The van der Waals surface area contributed by atoms with Crippen LogP contribution in [-0.2, 0) is 13.2 Å². The van der Waals surface area contributed by atoms with Crippen LogP contribution in [0.2, 0.25) is 15.1 Å². The van der Waals surface area contributed by atoms with Gasteiger partial charge < -0.3 is 10.1 Å². The molecule has 0 aliphatic carbocycles. The van der Waals surface area contributed by atoms with Crippen LogP contribution in [-0.4, -0.2) is 7.05 Å². The van der Waals surface area contributed by atoms with Crippen LogP contribution in [0.3, 0.4) is 0 Å². The van der Waals surface area contributed by atoms with Crippen molar-refractivity contribution in [2.75, 3.05) is 7.05 Å². The third-order valence-corrected chi connectivity index (χ3v) is 3.46. The maximum absolute atomic E-state index is 6.20. The number of nitrogens with one attached hydrogen (secondary N) is 1. The van der Waals surface area contributed by atoms with E-state index in [0.717, 1.165) is 11.1 Å². The normalized spacial score (nSPS) is 10.6. The predicted octanol–water partition coefficient (Wildman–Crippen LogP) is 4.95. The summed E-state index contributed by atoms with van der Waals surface area (Å²) in [6, 6.07) is 11.1. The maximum atomic E-state index is 6.20. The molecule has 0 saturated carbocycles. The fourth-order valence-corrected chi connectivity index (χ4v) is 2.68. The molecule has 0 aliphatic heterocycles. The highest BCUT2D eigenvalue weighted by Gasteiger charge is 2.10. The van der Waals surface area contributed by atoms with Crippen LogP contribution >= 0.6 is 34.8 Å². The molecule has 0 aromatic heterocycles. The van der Waals surface area contributed by atoms with Crippen LogP contribution in [0.25, 0.3) is 0 Å². The molecule has 0 atom stereocenters. The van der Waals surface area contributed by atoms with Crippen molar-refractivity contribution >= 4 is 34.8 Å². The van der Waals surface area contributed by atoms with Crippen molar-refractivity contribution in [1.82, 2.24) is 5.32 Å². The summed E-state index contributed by atoms with van der Waals surface area (Å²) in [6.45, 7) is 1.03. The SMILES string of the molecule is CNCc1cc(Cl)cc(Cl)c1OCc1cccc(Cl)c1. The zero-order chi connectivity index (χ0) is 14.5. The molecule has 2 aromatic carbocycles. The largest absolute Gasteiger partial charge is 0.487 e. The second kappa shape index (κ2) is 7.19. The Hall–Kier alpha value is -0.930. The van der Waals surface area contributed by atoms with E-state index < -0.39 is 0 Å². The van der Waals surface area contributed by atoms with E-state index in [9.17, 15) is 0 Å². The first-order valence-electron chi connectivity index (χ1n) is 6.10. The lowest BCUT2D eigenvalue weighted by Crippen LogP contribution is -2.08. The van der Waals surface area contributed by atoms with Crippen molar-refractivity contribution in [2.45, 2.75) is 13.2 Å². The van der Waals surface area contributed by atoms with Gasteiger partial charge in [-0.25, -0.2) is 0 Å². The van der Waals surface area contributed by atoms with E-state index in [1.54, 1.807) is 6.07 Å². The van der Waals surface area contributed by atoms with Crippen molar-refractivity contribution in [2.24, 2.45) is 0 Å². The first kappa shape index (κ1) is 15.5. The van der Waals surface area contributed by atoms with E-state index in [-0.39, 0.29) is 0 Å². The van der Waals surface area contributed by atoms with Gasteiger partial charge in [0.05, 0.1) is 5.02 Å². The van der Waals surface area contributed by atoms with Crippen LogP contribution in [0.4, 0.5) is 0 Å². The maximum Gasteiger partial charge on any atom is 0.142 e. The molecule has 106 valence electrons. The molecule has 0 amide bonds. The van der Waals surface area contributed by atoms with Gasteiger partial charge in [0.25, 0.3) is 0 Å². The Bertz CT molecular complexity index is 602. The van der Waals surface area contributed by atoms with E-state index in [1.165, 1.54) is 0 Å². The first-order chi connectivity index (χ1) is 9.60. The molecule has 0 aliphatic rings. The van der Waals surface area contributed by atoms with E-state index >= 15 is 0 Å². The molecule has 0 fully saturated rings. The Morgan fingerprint density at radius 2 is 1.85 bits per heavy atom. The molecule has 20 heavy (non-hydrogen) atoms. The highest BCUT2D eigenvalue weighted by atomic mass is 35.5. The van der Waals surface area contributed by atoms with Gasteiger partial charge in [0, 0.05) is 22.2 Å². The van der Waals surface area contributed by atoms with E-state index in [4.69, 9.17) is 39.5 Å². The number of ether oxygens (including phenoxy) is 1. The van der Waals surface area contributed by atoms with E-state index in [0.29, 0.717) is 34.0 Å². The summed E-state index contributed by atoms with van der Waals surface area (Å²) in [5.41, 5.74) is 1.91. The summed E-state index contributed by atoms with van der Waals surface area (Å²) in [5, 5.41) is 4.85. The fourth-order valence-electron chi connectivity index (χ4n) is 1.88. The van der Waals surface area contributed by atoms with Crippen molar-refractivity contribution in [3.8, 4) is 5.75 Å². The summed E-state index contributed by atoms with van der Waals surface area (Å²) in [4.78, 5) is 0. The molecule has 0 spiro atoms. The molecule has 2 nitrogen and oxygen atoms in total. The molecular formula is C15H14Cl3NO. The molecule has 2 aromatic rings. The molecule has 0 heterocycles. The van der Waals surface area contributed by atoms with Gasteiger partial charge >= 0.3 is 0 Å². The summed E-state index contributed by atoms with van der Waals surface area (Å²) in [7, 11) is 1.86. The highest BCUT2D eigenvalue weighted by Crippen LogP contribution is 2.33. The number of hydrogen-bond donors (Lipinski definition) is 1. The van der Waals surface area contributed by atoms with Gasteiger partial charge in [-0.2, -0.15) is 0 Å². The van der Waals surface area contributed by atoms with Crippen molar-refractivity contribution < 1.29 is 4.74 Å². The molecular weight excluding hydrogens is 317 g/mol. The lowest BCUT2D eigenvalue weighted by Gasteiger charge is -2.14. The Morgan fingerprint density at radius 3 is 2.55 bits per heavy atom. The smallest absolute Gasteiger partial charge is 0.142 e. The molecule has 1 N–H and O–H groups in total.